The molecule has 4 aromatic heterocycles. The molecule has 0 radical (unpaired) electrons. The van der Waals surface area contributed by atoms with Crippen LogP contribution >= 0.6 is 0 Å². The van der Waals surface area contributed by atoms with E-state index in [1.165, 1.54) is 12.1 Å². The summed E-state index contributed by atoms with van der Waals surface area (Å²) in [7, 11) is 0. The van der Waals surface area contributed by atoms with Crippen LogP contribution in [0.4, 0.5) is 0 Å². The van der Waals surface area contributed by atoms with Crippen LogP contribution in [0.1, 0.15) is 0 Å². The van der Waals surface area contributed by atoms with Crippen molar-refractivity contribution in [2.24, 2.45) is 0 Å². The van der Waals surface area contributed by atoms with Crippen molar-refractivity contribution in [1.82, 2.24) is 9.13 Å². The van der Waals surface area contributed by atoms with Gasteiger partial charge >= 0.3 is 22.5 Å². The third-order valence-corrected chi connectivity index (χ3v) is 6.12. The van der Waals surface area contributed by atoms with E-state index >= 15 is 0 Å². The molecule has 0 aliphatic rings. The average molecular weight is 522 g/mol. The van der Waals surface area contributed by atoms with Crippen LogP contribution in [0, 0.1) is 0 Å². The lowest BCUT2D eigenvalue weighted by Crippen LogP contribution is -2.27. The third kappa shape index (κ3) is 3.50. The molecule has 0 aliphatic heterocycles. The molecule has 14 nitrogen and oxygen atoms in total. The first-order valence-corrected chi connectivity index (χ1v) is 10.9. The van der Waals surface area contributed by atoms with Crippen molar-refractivity contribution >= 4 is 43.1 Å². The van der Waals surface area contributed by atoms with Crippen LogP contribution in [0.25, 0.3) is 43.1 Å². The molecule has 0 amide bonds. The van der Waals surface area contributed by atoms with Crippen molar-refractivity contribution in [3.63, 3.8) is 0 Å². The Morgan fingerprint density at radius 3 is 0.921 bits per heavy atom. The molecule has 0 spiro atoms. The highest BCUT2D eigenvalue weighted by Crippen LogP contribution is 2.15. The Bertz CT molecular complexity index is 2020. The van der Waals surface area contributed by atoms with Crippen molar-refractivity contribution in [2.45, 2.75) is 13.1 Å². The van der Waals surface area contributed by atoms with Crippen LogP contribution in [0.15, 0.2) is 71.5 Å². The van der Waals surface area contributed by atoms with Gasteiger partial charge in [-0.15, -0.1) is 0 Å². The van der Waals surface area contributed by atoms with Gasteiger partial charge in [0.05, 0.1) is 69.4 Å². The van der Waals surface area contributed by atoms with Gasteiger partial charge in [0.1, 0.15) is 0 Å². The SMILES string of the molecule is O=c1c2cc3c(=O)n(CCO)c(=O)c3cc2c(=O)n1CCO.O=c1oc(=O)c2cc3c(=O)oc(=O)c3cc12. The van der Waals surface area contributed by atoms with Crippen molar-refractivity contribution in [3.8, 4) is 0 Å². The number of hydrogen-bond acceptors (Lipinski definition) is 12. The van der Waals surface area contributed by atoms with Crippen LogP contribution < -0.4 is 44.7 Å². The number of benzene rings is 2. The normalized spacial score (nSPS) is 11.6. The van der Waals surface area contributed by atoms with Crippen molar-refractivity contribution in [2.75, 3.05) is 13.2 Å². The van der Waals surface area contributed by atoms with Gasteiger partial charge in [0.2, 0.25) is 0 Å². The van der Waals surface area contributed by atoms with E-state index in [0.717, 1.165) is 21.3 Å². The first-order valence-electron chi connectivity index (χ1n) is 10.9. The molecule has 6 aromatic rings. The molecule has 38 heavy (non-hydrogen) atoms. The van der Waals surface area contributed by atoms with Crippen LogP contribution in [0.5, 0.6) is 0 Å². The molecule has 0 fully saturated rings. The monoisotopic (exact) mass is 522 g/mol. The summed E-state index contributed by atoms with van der Waals surface area (Å²) < 4.78 is 10.4. The number of nitrogens with zero attached hydrogens (tertiary/aromatic N) is 2. The second-order valence-electron chi connectivity index (χ2n) is 8.21. The van der Waals surface area contributed by atoms with Crippen molar-refractivity contribution in [1.29, 1.82) is 0 Å². The van der Waals surface area contributed by atoms with E-state index < -0.39 is 44.7 Å². The van der Waals surface area contributed by atoms with E-state index in [0.29, 0.717) is 0 Å². The summed E-state index contributed by atoms with van der Waals surface area (Å²) >= 11 is 0. The summed E-state index contributed by atoms with van der Waals surface area (Å²) in [5.41, 5.74) is -5.69. The summed E-state index contributed by atoms with van der Waals surface area (Å²) in [6.45, 7) is -1.02. The topological polar surface area (TPSA) is 213 Å². The summed E-state index contributed by atoms with van der Waals surface area (Å²) in [5, 5.41) is 17.9. The quantitative estimate of drug-likeness (QED) is 0.244. The predicted octanol–water partition coefficient (Wildman–Crippen LogP) is -2.61. The van der Waals surface area contributed by atoms with E-state index in [-0.39, 0.29) is 69.4 Å². The largest absolute Gasteiger partial charge is 0.395 e. The average Bonchev–Trinajstić information content (AvgIpc) is 3.51. The van der Waals surface area contributed by atoms with Gasteiger partial charge in [-0.25, -0.2) is 19.2 Å². The van der Waals surface area contributed by atoms with Crippen LogP contribution in [-0.4, -0.2) is 32.6 Å². The maximum Gasteiger partial charge on any atom is 0.346 e. The Kier molecular flexibility index (Phi) is 5.69. The molecule has 4 heterocycles. The van der Waals surface area contributed by atoms with Gasteiger partial charge in [-0.2, -0.15) is 0 Å². The maximum absolute atomic E-state index is 12.1. The summed E-state index contributed by atoms with van der Waals surface area (Å²) in [6.07, 6.45) is 0. The molecule has 0 atom stereocenters. The lowest BCUT2D eigenvalue weighted by molar-refractivity contribution is 0.273. The highest BCUT2D eigenvalue weighted by atomic mass is 16.4. The Morgan fingerprint density at radius 1 is 0.447 bits per heavy atom. The van der Waals surface area contributed by atoms with Crippen molar-refractivity contribution < 1.29 is 19.0 Å². The van der Waals surface area contributed by atoms with Gasteiger partial charge in [0, 0.05) is 0 Å². The lowest BCUT2D eigenvalue weighted by Gasteiger charge is -1.93. The Morgan fingerprint density at radius 2 is 0.684 bits per heavy atom. The Balaban J connectivity index is 0.000000162. The number of rotatable bonds is 4. The molecule has 0 saturated heterocycles. The van der Waals surface area contributed by atoms with E-state index in [2.05, 4.69) is 8.83 Å². The fourth-order valence-electron chi connectivity index (χ4n) is 4.34. The number of furan rings is 2. The van der Waals surface area contributed by atoms with Crippen LogP contribution in [0.3, 0.4) is 0 Å². The number of hydrogen-bond donors (Lipinski definition) is 2. The van der Waals surface area contributed by atoms with E-state index in [1.807, 2.05) is 0 Å². The van der Waals surface area contributed by atoms with E-state index in [4.69, 9.17) is 10.2 Å². The zero-order valence-electron chi connectivity index (χ0n) is 19.0. The van der Waals surface area contributed by atoms with E-state index in [1.54, 1.807) is 0 Å². The highest BCUT2D eigenvalue weighted by molar-refractivity contribution is 5.98. The van der Waals surface area contributed by atoms with Crippen molar-refractivity contribution in [3.05, 3.63) is 107 Å². The maximum atomic E-state index is 12.1. The number of fused-ring (bicyclic) bond motifs is 4. The molecule has 6 rings (SSSR count). The molecule has 0 unspecified atom stereocenters. The van der Waals surface area contributed by atoms with Gasteiger partial charge in [-0.3, -0.25) is 28.3 Å². The van der Waals surface area contributed by atoms with Gasteiger partial charge in [-0.1, -0.05) is 0 Å². The first kappa shape index (κ1) is 24.6. The van der Waals surface area contributed by atoms with Crippen LogP contribution in [-0.2, 0) is 13.1 Å². The molecular weight excluding hydrogens is 508 g/mol. The minimum Gasteiger partial charge on any atom is -0.395 e. The zero-order valence-corrected chi connectivity index (χ0v) is 19.0. The zero-order chi connectivity index (χ0) is 27.5. The summed E-state index contributed by atoms with van der Waals surface area (Å²) in [4.78, 5) is 93.3. The fourth-order valence-corrected chi connectivity index (χ4v) is 4.34. The predicted molar refractivity (Wildman–Crippen MR) is 132 cm³/mol. The third-order valence-electron chi connectivity index (χ3n) is 6.12. The Hall–Kier alpha value is -5.08. The molecular formula is C24H14N2O12. The number of aromatic nitrogens is 2. The highest BCUT2D eigenvalue weighted by Gasteiger charge is 2.19. The molecule has 0 aliphatic carbocycles. The van der Waals surface area contributed by atoms with Gasteiger partial charge < -0.3 is 19.0 Å². The van der Waals surface area contributed by atoms with Crippen LogP contribution in [0.2, 0.25) is 0 Å². The molecule has 0 bridgehead atoms. The smallest absolute Gasteiger partial charge is 0.346 e. The number of aliphatic hydroxyl groups excluding tert-OH is 2. The molecule has 2 aromatic carbocycles. The van der Waals surface area contributed by atoms with E-state index in [9.17, 15) is 38.4 Å². The first-order chi connectivity index (χ1) is 18.1. The molecule has 14 heteroatoms. The molecule has 192 valence electrons. The molecule has 2 N–H and O–H groups in total. The van der Waals surface area contributed by atoms with Gasteiger partial charge in [-0.05, 0) is 24.3 Å². The number of aliphatic hydroxyl groups is 2. The van der Waals surface area contributed by atoms with Gasteiger partial charge in [0.25, 0.3) is 22.2 Å². The minimum atomic E-state index is -0.824. The summed E-state index contributed by atoms with van der Waals surface area (Å²) in [6, 6.07) is 4.76. The van der Waals surface area contributed by atoms with Gasteiger partial charge in [0.15, 0.2) is 0 Å². The standard InChI is InChI=1S/C14H12N2O6.C10H2O6/c17-3-1-15-11(19)7-5-9-10(6-8(7)12(15)20)14(22)16(2-4-18)13(9)21;11-7-3-1-4-6(10(14)16-8(4)12)2-5(3)9(13)15-7/h5-6,17-18H,1-4H2;1-2H. The Labute approximate surface area is 205 Å². The second-order valence-corrected chi connectivity index (χ2v) is 8.21. The fraction of sp³-hybridized carbons (Fsp3) is 0.167. The molecule has 0 saturated carbocycles. The summed E-state index contributed by atoms with van der Waals surface area (Å²) in [5.74, 6) is 0. The second kappa shape index (κ2) is 8.79. The minimum absolute atomic E-state index is 0.0181. The lowest BCUT2D eigenvalue weighted by atomic mass is 10.1.